The molecular weight excluding hydrogens is 343 g/mol. The molecule has 5 heteroatoms. The minimum Gasteiger partial charge on any atom is -0.369 e. The van der Waals surface area contributed by atoms with Crippen LogP contribution in [0.2, 0.25) is 10.0 Å². The Labute approximate surface area is 150 Å². The summed E-state index contributed by atoms with van der Waals surface area (Å²) >= 11 is 12.3. The summed E-state index contributed by atoms with van der Waals surface area (Å²) in [7, 11) is 0. The maximum atomic E-state index is 12.4. The number of hydrogen-bond donors (Lipinski definition) is 2. The van der Waals surface area contributed by atoms with Crippen molar-refractivity contribution >= 4 is 40.9 Å². The van der Waals surface area contributed by atoms with Gasteiger partial charge in [0, 0.05) is 21.9 Å². The Morgan fingerprint density at radius 1 is 1.12 bits per heavy atom. The van der Waals surface area contributed by atoms with Crippen molar-refractivity contribution in [2.45, 2.75) is 12.3 Å². The first kappa shape index (κ1) is 16.6. The zero-order chi connectivity index (χ0) is 17.3. The first-order valence-electron chi connectivity index (χ1n) is 7.42. The Kier molecular flexibility index (Phi) is 4.39. The molecule has 1 aliphatic heterocycles. The molecule has 0 saturated carbocycles. The first-order chi connectivity index (χ1) is 11.4. The molecule has 2 aromatic rings. The predicted molar refractivity (Wildman–Crippen MR) is 100 cm³/mol. The van der Waals surface area contributed by atoms with Crippen molar-refractivity contribution < 1.29 is 4.79 Å². The van der Waals surface area contributed by atoms with E-state index in [0.717, 1.165) is 16.8 Å². The second-order valence-electron chi connectivity index (χ2n) is 5.78. The largest absolute Gasteiger partial charge is 0.369 e. The second-order valence-corrected chi connectivity index (χ2v) is 6.62. The number of halogens is 2. The average molecular weight is 359 g/mol. The predicted octanol–water partition coefficient (Wildman–Crippen LogP) is 4.76. The van der Waals surface area contributed by atoms with E-state index in [1.54, 1.807) is 31.3 Å². The lowest BCUT2D eigenvalue weighted by atomic mass is 9.75. The lowest BCUT2D eigenvalue weighted by molar-refractivity contribution is -0.121. The number of rotatable bonds is 3. The van der Waals surface area contributed by atoms with Gasteiger partial charge >= 0.3 is 0 Å². The monoisotopic (exact) mass is 358 g/mol. The zero-order valence-electron chi connectivity index (χ0n) is 13.0. The van der Waals surface area contributed by atoms with Crippen LogP contribution in [0.4, 0.5) is 5.69 Å². The molecule has 122 valence electrons. The summed E-state index contributed by atoms with van der Waals surface area (Å²) in [5, 5.41) is 4.14. The molecule has 1 amide bonds. The molecule has 3 rings (SSSR count). The number of nitrogens with one attached hydrogen (secondary N) is 1. The van der Waals surface area contributed by atoms with Crippen molar-refractivity contribution in [3.63, 3.8) is 0 Å². The number of primary amides is 1. The summed E-state index contributed by atoms with van der Waals surface area (Å²) in [4.78, 5) is 12.4. The number of carbonyl (C=O) groups is 1. The smallest absolute Gasteiger partial charge is 0.232 e. The molecule has 0 aromatic heterocycles. The number of amides is 1. The van der Waals surface area contributed by atoms with Crippen LogP contribution in [0.1, 0.15) is 18.1 Å². The number of fused-ring (bicyclic) bond motifs is 1. The van der Waals surface area contributed by atoms with Crippen LogP contribution in [-0.4, -0.2) is 5.91 Å². The highest BCUT2D eigenvalue weighted by molar-refractivity contribution is 6.35. The quantitative estimate of drug-likeness (QED) is 0.830. The minimum absolute atomic E-state index is 0.403. The minimum atomic E-state index is -1.09. The van der Waals surface area contributed by atoms with E-state index >= 15 is 0 Å². The van der Waals surface area contributed by atoms with E-state index < -0.39 is 11.3 Å². The van der Waals surface area contributed by atoms with Gasteiger partial charge in [-0.05, 0) is 41.8 Å². The fraction of sp³-hybridized carbons (Fsp3) is 0.105. The molecule has 2 aromatic carbocycles. The summed E-state index contributed by atoms with van der Waals surface area (Å²) in [6, 6.07) is 12.9. The van der Waals surface area contributed by atoms with Crippen LogP contribution in [0, 0.1) is 0 Å². The van der Waals surface area contributed by atoms with Crippen LogP contribution >= 0.6 is 23.2 Å². The van der Waals surface area contributed by atoms with Gasteiger partial charge in [-0.1, -0.05) is 59.6 Å². The lowest BCUT2D eigenvalue weighted by Gasteiger charge is -2.29. The van der Waals surface area contributed by atoms with Gasteiger partial charge in [-0.15, -0.1) is 0 Å². The number of para-hydroxylation sites is 1. The van der Waals surface area contributed by atoms with Gasteiger partial charge in [0.15, 0.2) is 0 Å². The van der Waals surface area contributed by atoms with Crippen LogP contribution in [0.15, 0.2) is 60.3 Å². The fourth-order valence-electron chi connectivity index (χ4n) is 2.79. The normalized spacial score (nSPS) is 15.5. The van der Waals surface area contributed by atoms with Crippen molar-refractivity contribution in [1.82, 2.24) is 0 Å². The molecule has 0 saturated heterocycles. The van der Waals surface area contributed by atoms with Gasteiger partial charge in [0.05, 0.1) is 5.41 Å². The third kappa shape index (κ3) is 2.81. The Bertz CT molecular complexity index is 873. The molecule has 1 heterocycles. The van der Waals surface area contributed by atoms with E-state index in [0.29, 0.717) is 15.6 Å². The highest BCUT2D eigenvalue weighted by atomic mass is 35.5. The number of anilines is 1. The van der Waals surface area contributed by atoms with Gasteiger partial charge in [-0.2, -0.15) is 0 Å². The number of hydrogen-bond acceptors (Lipinski definition) is 2. The van der Waals surface area contributed by atoms with E-state index in [1.165, 1.54) is 0 Å². The van der Waals surface area contributed by atoms with Crippen molar-refractivity contribution in [3.05, 3.63) is 81.5 Å². The summed E-state index contributed by atoms with van der Waals surface area (Å²) in [6.07, 6.45) is 5.62. The van der Waals surface area contributed by atoms with Crippen LogP contribution in [-0.2, 0) is 10.2 Å². The van der Waals surface area contributed by atoms with E-state index in [2.05, 4.69) is 5.32 Å². The molecule has 0 bridgehead atoms. The number of carbonyl (C=O) groups excluding carboxylic acids is 1. The van der Waals surface area contributed by atoms with Gasteiger partial charge < -0.3 is 11.1 Å². The molecule has 1 unspecified atom stereocenters. The first-order valence-corrected chi connectivity index (χ1v) is 8.18. The molecule has 1 atom stereocenters. The van der Waals surface area contributed by atoms with Crippen molar-refractivity contribution in [2.75, 3.05) is 5.32 Å². The van der Waals surface area contributed by atoms with Gasteiger partial charge in [0.1, 0.15) is 0 Å². The van der Waals surface area contributed by atoms with Crippen LogP contribution in [0.25, 0.3) is 6.08 Å². The highest BCUT2D eigenvalue weighted by Crippen LogP contribution is 2.39. The number of benzene rings is 2. The van der Waals surface area contributed by atoms with Gasteiger partial charge in [-0.3, -0.25) is 4.79 Å². The standard InChI is InChI=1S/C19H16Cl2N2O/c1-19(18(22)24,15-9-8-14(20)10-16(15)21)13-7-6-12-4-2-3-5-17(12)23-11-13/h2-11,23H,1H3,(H2,22,24). The molecule has 1 aliphatic rings. The van der Waals surface area contributed by atoms with Gasteiger partial charge in [0.2, 0.25) is 5.91 Å². The lowest BCUT2D eigenvalue weighted by Crippen LogP contribution is -2.40. The summed E-state index contributed by atoms with van der Waals surface area (Å²) in [6.45, 7) is 1.76. The third-order valence-corrected chi connectivity index (χ3v) is 4.87. The van der Waals surface area contributed by atoms with Crippen LogP contribution < -0.4 is 11.1 Å². The molecule has 0 aliphatic carbocycles. The van der Waals surface area contributed by atoms with Gasteiger partial charge in [-0.25, -0.2) is 0 Å². The third-order valence-electron chi connectivity index (χ3n) is 4.33. The maximum Gasteiger partial charge on any atom is 0.232 e. The van der Waals surface area contributed by atoms with E-state index in [1.807, 2.05) is 36.4 Å². The Balaban J connectivity index is 2.12. The van der Waals surface area contributed by atoms with E-state index in [-0.39, 0.29) is 0 Å². The molecule has 3 N–H and O–H groups in total. The van der Waals surface area contributed by atoms with Crippen LogP contribution in [0.3, 0.4) is 0 Å². The molecule has 0 fully saturated rings. The van der Waals surface area contributed by atoms with Crippen molar-refractivity contribution in [1.29, 1.82) is 0 Å². The molecule has 24 heavy (non-hydrogen) atoms. The summed E-state index contributed by atoms with van der Waals surface area (Å²) in [5.74, 6) is -0.490. The van der Waals surface area contributed by atoms with Crippen molar-refractivity contribution in [3.8, 4) is 0 Å². The van der Waals surface area contributed by atoms with E-state index in [4.69, 9.17) is 28.9 Å². The van der Waals surface area contributed by atoms with E-state index in [9.17, 15) is 4.79 Å². The molecular formula is C19H16Cl2N2O. The van der Waals surface area contributed by atoms with Gasteiger partial charge in [0.25, 0.3) is 0 Å². The van der Waals surface area contributed by atoms with Crippen LogP contribution in [0.5, 0.6) is 0 Å². The topological polar surface area (TPSA) is 55.1 Å². The molecule has 0 spiro atoms. The van der Waals surface area contributed by atoms with Crippen molar-refractivity contribution in [2.24, 2.45) is 5.73 Å². The molecule has 0 radical (unpaired) electrons. The number of allylic oxidation sites excluding steroid dienone is 1. The summed E-state index contributed by atoms with van der Waals surface area (Å²) in [5.41, 5.74) is 7.99. The Morgan fingerprint density at radius 3 is 2.58 bits per heavy atom. The average Bonchev–Trinajstić information content (AvgIpc) is 2.77. The SMILES string of the molecule is CC(C(N)=O)(C1=CNc2ccccc2C=C1)c1ccc(Cl)cc1Cl. The number of nitrogens with two attached hydrogens (primary N) is 1. The fourth-order valence-corrected chi connectivity index (χ4v) is 3.39. The molecule has 3 nitrogen and oxygen atoms in total. The zero-order valence-corrected chi connectivity index (χ0v) is 14.5. The highest BCUT2D eigenvalue weighted by Gasteiger charge is 2.38. The summed E-state index contributed by atoms with van der Waals surface area (Å²) < 4.78 is 0. The Morgan fingerprint density at radius 2 is 1.88 bits per heavy atom. The maximum absolute atomic E-state index is 12.4. The Hall–Kier alpha value is -2.23. The second kappa shape index (κ2) is 6.34.